The molecule has 0 saturated heterocycles. The number of halogens is 2. The number of nitrogens with one attached hydrogen (secondary N) is 1. The summed E-state index contributed by atoms with van der Waals surface area (Å²) >= 11 is 3.34. The first kappa shape index (κ1) is 15.5. The molecule has 0 atom stereocenters. The maximum absolute atomic E-state index is 13.4. The van der Waals surface area contributed by atoms with E-state index in [-0.39, 0.29) is 12.3 Å². The lowest BCUT2D eigenvalue weighted by Gasteiger charge is -2.12. The van der Waals surface area contributed by atoms with Gasteiger partial charge in [0.15, 0.2) is 6.61 Å². The number of carbonyl (C=O) groups excluding carboxylic acids is 1. The van der Waals surface area contributed by atoms with Crippen LogP contribution in [0.25, 0.3) is 0 Å². The van der Waals surface area contributed by atoms with Gasteiger partial charge in [0.2, 0.25) is 0 Å². The van der Waals surface area contributed by atoms with E-state index in [0.717, 1.165) is 5.56 Å². The summed E-state index contributed by atoms with van der Waals surface area (Å²) in [6, 6.07) is 11.4. The van der Waals surface area contributed by atoms with E-state index in [9.17, 15) is 9.18 Å². The highest BCUT2D eigenvalue weighted by Gasteiger charge is 2.11. The average molecular weight is 353 g/mol. The number of benzene rings is 2. The maximum Gasteiger partial charge on any atom is 0.262 e. The molecule has 1 amide bonds. The summed E-state index contributed by atoms with van der Waals surface area (Å²) in [5, 5.41) is 2.45. The summed E-state index contributed by atoms with van der Waals surface area (Å²) in [6.45, 7) is 0.0631. The summed E-state index contributed by atoms with van der Waals surface area (Å²) in [4.78, 5) is 11.8. The number of anilines is 1. The number of carbonyl (C=O) groups is 1. The quantitative estimate of drug-likeness (QED) is 0.868. The maximum atomic E-state index is 13.4. The molecule has 0 saturated carbocycles. The molecule has 2 rings (SSSR count). The SMILES string of the molecule is NCc1cccc(Br)c1OCC(=O)Nc1ccccc1F. The van der Waals surface area contributed by atoms with Crippen molar-refractivity contribution in [3.63, 3.8) is 0 Å². The summed E-state index contributed by atoms with van der Waals surface area (Å²) in [5.74, 6) is -0.420. The molecule has 0 unspecified atom stereocenters. The molecule has 2 aromatic carbocycles. The Bertz CT molecular complexity index is 649. The van der Waals surface area contributed by atoms with Gasteiger partial charge in [0, 0.05) is 12.1 Å². The van der Waals surface area contributed by atoms with E-state index in [4.69, 9.17) is 10.5 Å². The number of nitrogens with two attached hydrogens (primary N) is 1. The smallest absolute Gasteiger partial charge is 0.262 e. The molecule has 0 radical (unpaired) electrons. The number of hydrogen-bond donors (Lipinski definition) is 2. The Morgan fingerprint density at radius 1 is 1.24 bits per heavy atom. The third-order valence-corrected chi connectivity index (χ3v) is 3.39. The van der Waals surface area contributed by atoms with E-state index < -0.39 is 11.7 Å². The van der Waals surface area contributed by atoms with Gasteiger partial charge in [-0.3, -0.25) is 4.79 Å². The highest BCUT2D eigenvalue weighted by atomic mass is 79.9. The molecule has 0 aliphatic heterocycles. The molecule has 0 fully saturated rings. The highest BCUT2D eigenvalue weighted by molar-refractivity contribution is 9.10. The lowest BCUT2D eigenvalue weighted by Crippen LogP contribution is -2.21. The molecule has 6 heteroatoms. The number of para-hydroxylation sites is 2. The minimum Gasteiger partial charge on any atom is -0.482 e. The van der Waals surface area contributed by atoms with Gasteiger partial charge in [0.25, 0.3) is 5.91 Å². The van der Waals surface area contributed by atoms with Crippen molar-refractivity contribution < 1.29 is 13.9 Å². The Morgan fingerprint density at radius 2 is 2.00 bits per heavy atom. The van der Waals surface area contributed by atoms with Gasteiger partial charge >= 0.3 is 0 Å². The third kappa shape index (κ3) is 4.03. The van der Waals surface area contributed by atoms with Crippen LogP contribution in [0.15, 0.2) is 46.9 Å². The van der Waals surface area contributed by atoms with Crippen LogP contribution in [-0.2, 0) is 11.3 Å². The van der Waals surface area contributed by atoms with Crippen LogP contribution in [0.1, 0.15) is 5.56 Å². The third-order valence-electron chi connectivity index (χ3n) is 2.76. The van der Waals surface area contributed by atoms with Gasteiger partial charge in [-0.25, -0.2) is 4.39 Å². The first-order valence-corrected chi connectivity index (χ1v) is 7.05. The van der Waals surface area contributed by atoms with Crippen LogP contribution in [0.3, 0.4) is 0 Å². The predicted octanol–water partition coefficient (Wildman–Crippen LogP) is 3.06. The Labute approximate surface area is 130 Å². The van der Waals surface area contributed by atoms with Crippen LogP contribution in [0.5, 0.6) is 5.75 Å². The fourth-order valence-electron chi connectivity index (χ4n) is 1.76. The predicted molar refractivity (Wildman–Crippen MR) is 82.6 cm³/mol. The van der Waals surface area contributed by atoms with Gasteiger partial charge in [-0.2, -0.15) is 0 Å². The molecule has 2 aromatic rings. The lowest BCUT2D eigenvalue weighted by molar-refractivity contribution is -0.118. The van der Waals surface area contributed by atoms with E-state index >= 15 is 0 Å². The Morgan fingerprint density at radius 3 is 2.71 bits per heavy atom. The van der Waals surface area contributed by atoms with E-state index in [1.165, 1.54) is 12.1 Å². The number of amides is 1. The van der Waals surface area contributed by atoms with Crippen molar-refractivity contribution in [2.24, 2.45) is 5.73 Å². The topological polar surface area (TPSA) is 64.3 Å². The lowest BCUT2D eigenvalue weighted by atomic mass is 10.2. The van der Waals surface area contributed by atoms with E-state index in [2.05, 4.69) is 21.2 Å². The molecule has 4 nitrogen and oxygen atoms in total. The van der Waals surface area contributed by atoms with Crippen LogP contribution in [0.2, 0.25) is 0 Å². The van der Waals surface area contributed by atoms with Crippen LogP contribution in [0.4, 0.5) is 10.1 Å². The Hall–Kier alpha value is -1.92. The zero-order valence-electron chi connectivity index (χ0n) is 11.1. The molecule has 21 heavy (non-hydrogen) atoms. The van der Waals surface area contributed by atoms with Gasteiger partial charge in [0.05, 0.1) is 10.2 Å². The monoisotopic (exact) mass is 352 g/mol. The zero-order valence-corrected chi connectivity index (χ0v) is 12.7. The highest BCUT2D eigenvalue weighted by Crippen LogP contribution is 2.28. The standard InChI is InChI=1S/C15H14BrFN2O2/c16-11-5-3-4-10(8-18)15(11)21-9-14(20)19-13-7-2-1-6-12(13)17/h1-7H,8-9,18H2,(H,19,20). The molecule has 0 aliphatic carbocycles. The van der Waals surface area contributed by atoms with Crippen molar-refractivity contribution in [1.29, 1.82) is 0 Å². The molecule has 0 aliphatic rings. The van der Waals surface area contributed by atoms with Crippen molar-refractivity contribution in [3.8, 4) is 5.75 Å². The molecule has 0 bridgehead atoms. The second kappa shape index (κ2) is 7.19. The summed E-state index contributed by atoms with van der Waals surface area (Å²) in [7, 11) is 0. The second-order valence-electron chi connectivity index (χ2n) is 4.25. The molecule has 3 N–H and O–H groups in total. The molecular weight excluding hydrogens is 339 g/mol. The van der Waals surface area contributed by atoms with Crippen molar-refractivity contribution in [2.75, 3.05) is 11.9 Å². The summed E-state index contributed by atoms with van der Waals surface area (Å²) in [5.41, 5.74) is 6.52. The van der Waals surface area contributed by atoms with E-state index in [1.54, 1.807) is 18.2 Å². The van der Waals surface area contributed by atoms with Crippen LogP contribution < -0.4 is 15.8 Å². The van der Waals surface area contributed by atoms with E-state index in [1.807, 2.05) is 12.1 Å². The van der Waals surface area contributed by atoms with Crippen molar-refractivity contribution in [3.05, 3.63) is 58.3 Å². The van der Waals surface area contributed by atoms with E-state index in [0.29, 0.717) is 16.8 Å². The minimum absolute atomic E-state index is 0.122. The normalized spacial score (nSPS) is 10.2. The molecule has 0 spiro atoms. The molecular formula is C15H14BrFN2O2. The van der Waals surface area contributed by atoms with Crippen molar-refractivity contribution in [2.45, 2.75) is 6.54 Å². The minimum atomic E-state index is -0.491. The summed E-state index contributed by atoms with van der Waals surface area (Å²) in [6.07, 6.45) is 0. The fourth-order valence-corrected chi connectivity index (χ4v) is 2.28. The van der Waals surface area contributed by atoms with Gasteiger partial charge in [-0.05, 0) is 34.1 Å². The van der Waals surface area contributed by atoms with Crippen molar-refractivity contribution >= 4 is 27.5 Å². The Kier molecular flexibility index (Phi) is 5.30. The first-order chi connectivity index (χ1) is 10.1. The fraction of sp³-hybridized carbons (Fsp3) is 0.133. The summed E-state index contributed by atoms with van der Waals surface area (Å²) < 4.78 is 19.6. The molecule has 0 heterocycles. The number of rotatable bonds is 5. The van der Waals surface area contributed by atoms with Gasteiger partial charge in [0.1, 0.15) is 11.6 Å². The largest absolute Gasteiger partial charge is 0.482 e. The Balaban J connectivity index is 2.01. The molecule has 0 aromatic heterocycles. The molecule has 110 valence electrons. The first-order valence-electron chi connectivity index (χ1n) is 6.26. The van der Waals surface area contributed by atoms with Crippen LogP contribution in [-0.4, -0.2) is 12.5 Å². The van der Waals surface area contributed by atoms with Crippen molar-refractivity contribution in [1.82, 2.24) is 0 Å². The number of hydrogen-bond acceptors (Lipinski definition) is 3. The zero-order chi connectivity index (χ0) is 15.2. The average Bonchev–Trinajstić information content (AvgIpc) is 2.48. The van der Waals surface area contributed by atoms with Crippen LogP contribution in [0, 0.1) is 5.82 Å². The van der Waals surface area contributed by atoms with Gasteiger partial charge in [-0.15, -0.1) is 0 Å². The van der Waals surface area contributed by atoms with Gasteiger partial charge in [-0.1, -0.05) is 24.3 Å². The van der Waals surface area contributed by atoms with Crippen LogP contribution >= 0.6 is 15.9 Å². The second-order valence-corrected chi connectivity index (χ2v) is 5.10. The van der Waals surface area contributed by atoms with Gasteiger partial charge < -0.3 is 15.8 Å². The number of ether oxygens (including phenoxy) is 1.